The molecule has 0 heterocycles. The van der Waals surface area contributed by atoms with Gasteiger partial charge in [0.15, 0.2) is 0 Å². The van der Waals surface area contributed by atoms with Crippen molar-refractivity contribution in [3.8, 4) is 0 Å². The van der Waals surface area contributed by atoms with E-state index in [-0.39, 0.29) is 0 Å². The average Bonchev–Trinajstić information content (AvgIpc) is 2.60. The van der Waals surface area contributed by atoms with Crippen LogP contribution >= 0.6 is 0 Å². The first-order chi connectivity index (χ1) is 12.1. The lowest BCUT2D eigenvalue weighted by atomic mass is 9.81. The number of rotatable bonds is 14. The summed E-state index contributed by atoms with van der Waals surface area (Å²) >= 11 is 0. The Labute approximate surface area is 164 Å². The zero-order chi connectivity index (χ0) is 20.2. The molecule has 150 valence electrons. The van der Waals surface area contributed by atoms with Gasteiger partial charge in [-0.05, 0) is 68.4 Å². The predicted molar refractivity (Wildman–Crippen MR) is 121 cm³/mol. The molecule has 0 rings (SSSR count). The molecule has 0 aromatic rings. The van der Waals surface area contributed by atoms with Gasteiger partial charge >= 0.3 is 0 Å². The zero-order valence-electron chi connectivity index (χ0n) is 18.7. The SMILES string of the molecule is C=C(CCCCC(C)(C)CCCC[C@H](C)CC(=C)/C(C)=N/C)/C(C)=N/C. The quantitative estimate of drug-likeness (QED) is 0.227. The molecule has 2 nitrogen and oxygen atoms in total. The molecule has 2 heteroatoms. The van der Waals surface area contributed by atoms with Crippen LogP contribution in [-0.4, -0.2) is 25.5 Å². The minimum atomic E-state index is 0.452. The van der Waals surface area contributed by atoms with Gasteiger partial charge in [0, 0.05) is 25.5 Å². The molecule has 0 radical (unpaired) electrons. The van der Waals surface area contributed by atoms with E-state index in [4.69, 9.17) is 0 Å². The van der Waals surface area contributed by atoms with Gasteiger partial charge in [0.05, 0.1) is 0 Å². The summed E-state index contributed by atoms with van der Waals surface area (Å²) in [6.07, 6.45) is 11.3. The van der Waals surface area contributed by atoms with Gasteiger partial charge in [-0.25, -0.2) is 0 Å². The van der Waals surface area contributed by atoms with E-state index in [0.717, 1.165) is 24.3 Å². The first-order valence-corrected chi connectivity index (χ1v) is 10.4. The van der Waals surface area contributed by atoms with Crippen molar-refractivity contribution in [2.24, 2.45) is 21.3 Å². The normalized spacial score (nSPS) is 14.4. The highest BCUT2D eigenvalue weighted by atomic mass is 14.7. The van der Waals surface area contributed by atoms with Gasteiger partial charge < -0.3 is 0 Å². The molecule has 0 spiro atoms. The van der Waals surface area contributed by atoms with Crippen LogP contribution in [0.5, 0.6) is 0 Å². The second kappa shape index (κ2) is 13.1. The largest absolute Gasteiger partial charge is 0.293 e. The molecular weight excluding hydrogens is 316 g/mol. The standard InChI is InChI=1S/C24H44N2/c1-19(18-21(3)23(5)26-9)14-10-12-16-24(6,7)17-13-11-15-20(2)22(4)25-8/h19H,2-3,10-18H2,1,4-9H3/b25-22+,26-23+/t19-/m0/s1. The molecule has 1 atom stereocenters. The number of hydrogen-bond acceptors (Lipinski definition) is 2. The van der Waals surface area contributed by atoms with Gasteiger partial charge in [-0.15, -0.1) is 0 Å². The van der Waals surface area contributed by atoms with Crippen LogP contribution in [0.1, 0.15) is 92.4 Å². The van der Waals surface area contributed by atoms with E-state index < -0.39 is 0 Å². The molecule has 0 saturated heterocycles. The van der Waals surface area contributed by atoms with Crippen LogP contribution in [0.25, 0.3) is 0 Å². The summed E-state index contributed by atoms with van der Waals surface area (Å²) in [6.45, 7) is 19.6. The third-order valence-corrected chi connectivity index (χ3v) is 5.67. The molecule has 0 aromatic heterocycles. The molecule has 0 aromatic carbocycles. The van der Waals surface area contributed by atoms with Crippen LogP contribution < -0.4 is 0 Å². The highest BCUT2D eigenvalue weighted by Gasteiger charge is 2.17. The van der Waals surface area contributed by atoms with Crippen molar-refractivity contribution in [1.29, 1.82) is 0 Å². The lowest BCUT2D eigenvalue weighted by molar-refractivity contribution is 0.281. The van der Waals surface area contributed by atoms with Gasteiger partial charge in [0.25, 0.3) is 0 Å². The summed E-state index contributed by atoms with van der Waals surface area (Å²) in [5.74, 6) is 0.705. The van der Waals surface area contributed by atoms with Gasteiger partial charge in [0.2, 0.25) is 0 Å². The fourth-order valence-corrected chi connectivity index (χ4v) is 3.33. The summed E-state index contributed by atoms with van der Waals surface area (Å²) in [5, 5.41) is 0. The zero-order valence-corrected chi connectivity index (χ0v) is 18.7. The first kappa shape index (κ1) is 24.8. The van der Waals surface area contributed by atoms with Crippen LogP contribution in [0.15, 0.2) is 34.3 Å². The maximum atomic E-state index is 4.24. The monoisotopic (exact) mass is 360 g/mol. The molecule has 0 fully saturated rings. The predicted octanol–water partition coefficient (Wildman–Crippen LogP) is 7.45. The smallest absolute Gasteiger partial charge is 0.0340 e. The van der Waals surface area contributed by atoms with Crippen LogP contribution in [0.4, 0.5) is 0 Å². The number of aliphatic imine (C=N–C) groups is 2. The molecular formula is C24H44N2. The fourth-order valence-electron chi connectivity index (χ4n) is 3.33. The van der Waals surface area contributed by atoms with Crippen molar-refractivity contribution in [1.82, 2.24) is 0 Å². The van der Waals surface area contributed by atoms with E-state index in [2.05, 4.69) is 57.8 Å². The number of nitrogens with zero attached hydrogens (tertiary/aromatic N) is 2. The highest BCUT2D eigenvalue weighted by molar-refractivity contribution is 5.97. The third kappa shape index (κ3) is 11.4. The maximum Gasteiger partial charge on any atom is 0.0340 e. The first-order valence-electron chi connectivity index (χ1n) is 10.4. The van der Waals surface area contributed by atoms with Crippen molar-refractivity contribution in [3.05, 3.63) is 24.3 Å². The van der Waals surface area contributed by atoms with Crippen LogP contribution in [0, 0.1) is 11.3 Å². The van der Waals surface area contributed by atoms with Crippen molar-refractivity contribution >= 4 is 11.4 Å². The van der Waals surface area contributed by atoms with E-state index in [1.54, 1.807) is 0 Å². The molecule has 26 heavy (non-hydrogen) atoms. The van der Waals surface area contributed by atoms with Crippen LogP contribution in [0.3, 0.4) is 0 Å². The van der Waals surface area contributed by atoms with Gasteiger partial charge in [-0.2, -0.15) is 0 Å². The minimum absolute atomic E-state index is 0.452. The fraction of sp³-hybridized carbons (Fsp3) is 0.750. The Morgan fingerprint density at radius 2 is 1.35 bits per heavy atom. The third-order valence-electron chi connectivity index (χ3n) is 5.67. The van der Waals surface area contributed by atoms with Crippen LogP contribution in [0.2, 0.25) is 0 Å². The molecule has 0 saturated carbocycles. The Bertz CT molecular complexity index is 494. The molecule has 0 bridgehead atoms. The van der Waals surface area contributed by atoms with E-state index in [9.17, 15) is 0 Å². The average molecular weight is 361 g/mol. The van der Waals surface area contributed by atoms with E-state index >= 15 is 0 Å². The van der Waals surface area contributed by atoms with Gasteiger partial charge in [0.1, 0.15) is 0 Å². The van der Waals surface area contributed by atoms with Crippen molar-refractivity contribution in [2.45, 2.75) is 92.4 Å². The lowest BCUT2D eigenvalue weighted by Crippen LogP contribution is -2.11. The second-order valence-corrected chi connectivity index (χ2v) is 8.75. The van der Waals surface area contributed by atoms with Crippen molar-refractivity contribution in [2.75, 3.05) is 14.1 Å². The Balaban J connectivity index is 3.93. The molecule has 0 aliphatic carbocycles. The molecule has 0 aliphatic rings. The van der Waals surface area contributed by atoms with Crippen LogP contribution in [-0.2, 0) is 0 Å². The Morgan fingerprint density at radius 1 is 0.846 bits per heavy atom. The summed E-state index contributed by atoms with van der Waals surface area (Å²) in [4.78, 5) is 8.45. The summed E-state index contributed by atoms with van der Waals surface area (Å²) in [7, 11) is 3.70. The van der Waals surface area contributed by atoms with E-state index in [0.29, 0.717) is 11.3 Å². The molecule has 0 N–H and O–H groups in total. The second-order valence-electron chi connectivity index (χ2n) is 8.75. The van der Waals surface area contributed by atoms with E-state index in [1.807, 2.05) is 14.1 Å². The summed E-state index contributed by atoms with van der Waals surface area (Å²) < 4.78 is 0. The van der Waals surface area contributed by atoms with E-state index in [1.165, 1.54) is 56.1 Å². The molecule has 0 unspecified atom stereocenters. The van der Waals surface area contributed by atoms with Crippen molar-refractivity contribution in [3.63, 3.8) is 0 Å². The molecule has 0 amide bonds. The minimum Gasteiger partial charge on any atom is -0.293 e. The van der Waals surface area contributed by atoms with Gasteiger partial charge in [-0.3, -0.25) is 9.98 Å². The molecule has 0 aliphatic heterocycles. The number of allylic oxidation sites excluding steroid dienone is 2. The number of hydrogen-bond donors (Lipinski definition) is 0. The lowest BCUT2D eigenvalue weighted by Gasteiger charge is -2.25. The Hall–Kier alpha value is -1.18. The van der Waals surface area contributed by atoms with Crippen molar-refractivity contribution < 1.29 is 0 Å². The van der Waals surface area contributed by atoms with Gasteiger partial charge in [-0.1, -0.05) is 59.6 Å². The Kier molecular flexibility index (Phi) is 12.5. The summed E-state index contributed by atoms with van der Waals surface area (Å²) in [5.41, 5.74) is 5.05. The number of unbranched alkanes of at least 4 members (excludes halogenated alkanes) is 2. The topological polar surface area (TPSA) is 24.7 Å². The highest BCUT2D eigenvalue weighted by Crippen LogP contribution is 2.31. The maximum absolute atomic E-state index is 4.24. The Morgan fingerprint density at radius 3 is 1.88 bits per heavy atom. The summed E-state index contributed by atoms with van der Waals surface area (Å²) in [6, 6.07) is 0.